The first-order chi connectivity index (χ1) is 10.0. The Balaban J connectivity index is 1.94. The lowest BCUT2D eigenvalue weighted by Crippen LogP contribution is -2.04. The van der Waals surface area contributed by atoms with Crippen molar-refractivity contribution in [1.29, 1.82) is 0 Å². The number of anilines is 1. The van der Waals surface area contributed by atoms with Crippen LogP contribution < -0.4 is 5.32 Å². The van der Waals surface area contributed by atoms with Crippen LogP contribution in [0.2, 0.25) is 5.28 Å². The molecule has 3 aromatic rings. The van der Waals surface area contributed by atoms with Crippen molar-refractivity contribution in [3.05, 3.63) is 33.5 Å². The van der Waals surface area contributed by atoms with Gasteiger partial charge < -0.3 is 9.88 Å². The van der Waals surface area contributed by atoms with Crippen molar-refractivity contribution in [1.82, 2.24) is 19.5 Å². The Morgan fingerprint density at radius 1 is 1.33 bits per heavy atom. The van der Waals surface area contributed by atoms with Crippen molar-refractivity contribution in [3.8, 4) is 0 Å². The molecular weight excluding hydrogens is 306 g/mol. The molecule has 21 heavy (non-hydrogen) atoms. The van der Waals surface area contributed by atoms with E-state index in [0.29, 0.717) is 12.4 Å². The number of rotatable bonds is 4. The molecule has 0 radical (unpaired) electrons. The SMILES string of the molecule is Cc1ccc(CNc2nc(Cl)nc3c2ncn3C(C)C)s1. The second-order valence-corrected chi connectivity index (χ2v) is 6.84. The summed E-state index contributed by atoms with van der Waals surface area (Å²) in [5, 5.41) is 3.54. The summed E-state index contributed by atoms with van der Waals surface area (Å²) in [6, 6.07) is 4.49. The maximum absolute atomic E-state index is 6.04. The van der Waals surface area contributed by atoms with Crippen molar-refractivity contribution in [3.63, 3.8) is 0 Å². The van der Waals surface area contributed by atoms with E-state index in [9.17, 15) is 0 Å². The van der Waals surface area contributed by atoms with Gasteiger partial charge in [-0.2, -0.15) is 9.97 Å². The summed E-state index contributed by atoms with van der Waals surface area (Å²) in [6.45, 7) is 6.96. The van der Waals surface area contributed by atoms with Crippen molar-refractivity contribution in [2.24, 2.45) is 0 Å². The van der Waals surface area contributed by atoms with E-state index in [2.05, 4.69) is 53.2 Å². The fourth-order valence-electron chi connectivity index (χ4n) is 2.14. The zero-order chi connectivity index (χ0) is 15.0. The lowest BCUT2D eigenvalue weighted by Gasteiger charge is -2.09. The summed E-state index contributed by atoms with van der Waals surface area (Å²) < 4.78 is 1.99. The highest BCUT2D eigenvalue weighted by molar-refractivity contribution is 7.11. The van der Waals surface area contributed by atoms with Gasteiger partial charge in [-0.15, -0.1) is 11.3 Å². The zero-order valence-corrected chi connectivity index (χ0v) is 13.7. The van der Waals surface area contributed by atoms with E-state index < -0.39 is 0 Å². The number of fused-ring (bicyclic) bond motifs is 1. The van der Waals surface area contributed by atoms with Gasteiger partial charge in [0.25, 0.3) is 0 Å². The van der Waals surface area contributed by atoms with Gasteiger partial charge in [0, 0.05) is 15.8 Å². The molecule has 1 N–H and O–H groups in total. The van der Waals surface area contributed by atoms with Gasteiger partial charge in [-0.3, -0.25) is 0 Å². The predicted octanol–water partition coefficient (Wildman–Crippen LogP) is 4.04. The molecule has 3 heterocycles. The molecule has 0 atom stereocenters. The summed E-state index contributed by atoms with van der Waals surface area (Å²) >= 11 is 7.80. The van der Waals surface area contributed by atoms with E-state index in [1.54, 1.807) is 17.7 Å². The van der Waals surface area contributed by atoms with Gasteiger partial charge in [0.2, 0.25) is 5.28 Å². The first-order valence-corrected chi connectivity index (χ1v) is 7.93. The Bertz CT molecular complexity index is 777. The lowest BCUT2D eigenvalue weighted by molar-refractivity contribution is 0.612. The molecule has 5 nitrogen and oxygen atoms in total. The van der Waals surface area contributed by atoms with Gasteiger partial charge in [-0.1, -0.05) is 0 Å². The molecule has 0 unspecified atom stereocenters. The van der Waals surface area contributed by atoms with Crippen LogP contribution in [0.5, 0.6) is 0 Å². The van der Waals surface area contributed by atoms with Crippen molar-refractivity contribution in [2.45, 2.75) is 33.4 Å². The number of halogens is 1. The highest BCUT2D eigenvalue weighted by atomic mass is 35.5. The summed E-state index contributed by atoms with van der Waals surface area (Å²) in [7, 11) is 0. The van der Waals surface area contributed by atoms with E-state index in [0.717, 1.165) is 11.2 Å². The van der Waals surface area contributed by atoms with E-state index in [1.165, 1.54) is 9.75 Å². The molecule has 0 spiro atoms. The Labute approximate surface area is 132 Å². The van der Waals surface area contributed by atoms with E-state index in [4.69, 9.17) is 11.6 Å². The minimum Gasteiger partial charge on any atom is -0.363 e. The molecule has 110 valence electrons. The Hall–Kier alpha value is -1.66. The third-order valence-corrected chi connectivity index (χ3v) is 4.35. The average Bonchev–Trinajstić information content (AvgIpc) is 3.02. The number of thiophene rings is 1. The highest BCUT2D eigenvalue weighted by Gasteiger charge is 2.14. The number of nitrogens with zero attached hydrogens (tertiary/aromatic N) is 4. The Kier molecular flexibility index (Phi) is 3.82. The fourth-order valence-corrected chi connectivity index (χ4v) is 3.14. The molecule has 0 amide bonds. The maximum Gasteiger partial charge on any atom is 0.226 e. The number of aryl methyl sites for hydroxylation is 1. The number of imidazole rings is 1. The summed E-state index contributed by atoms with van der Waals surface area (Å²) in [5.74, 6) is 0.676. The molecular formula is C14H16ClN5S. The third-order valence-electron chi connectivity index (χ3n) is 3.18. The van der Waals surface area contributed by atoms with Crippen LogP contribution in [0.3, 0.4) is 0 Å². The number of hydrogen-bond acceptors (Lipinski definition) is 5. The van der Waals surface area contributed by atoms with Gasteiger partial charge in [-0.25, -0.2) is 4.98 Å². The minimum absolute atomic E-state index is 0.231. The zero-order valence-electron chi connectivity index (χ0n) is 12.1. The molecule has 0 aliphatic carbocycles. The van der Waals surface area contributed by atoms with Crippen LogP contribution in [0.1, 0.15) is 29.6 Å². The van der Waals surface area contributed by atoms with Crippen molar-refractivity contribution < 1.29 is 0 Å². The number of hydrogen-bond donors (Lipinski definition) is 1. The largest absolute Gasteiger partial charge is 0.363 e. The average molecular weight is 322 g/mol. The first-order valence-electron chi connectivity index (χ1n) is 6.74. The van der Waals surface area contributed by atoms with Gasteiger partial charge >= 0.3 is 0 Å². The van der Waals surface area contributed by atoms with E-state index in [1.807, 2.05) is 4.57 Å². The molecule has 0 aromatic carbocycles. The molecule has 3 rings (SSSR count). The van der Waals surface area contributed by atoms with E-state index >= 15 is 0 Å². The third kappa shape index (κ3) is 2.87. The standard InChI is InChI=1S/C14H16ClN5S/c1-8(2)20-7-17-11-12(18-14(15)19-13(11)20)16-6-10-5-4-9(3)21-10/h4-5,7-8H,6H2,1-3H3,(H,16,18,19). The molecule has 0 saturated heterocycles. The normalized spacial score (nSPS) is 11.5. The molecule has 3 aromatic heterocycles. The molecule has 0 aliphatic heterocycles. The Morgan fingerprint density at radius 3 is 2.81 bits per heavy atom. The quantitative estimate of drug-likeness (QED) is 0.737. The van der Waals surface area contributed by atoms with Crippen LogP contribution in [0.4, 0.5) is 5.82 Å². The van der Waals surface area contributed by atoms with Crippen LogP contribution in [0.15, 0.2) is 18.5 Å². The molecule has 7 heteroatoms. The molecule has 0 fully saturated rings. The van der Waals surface area contributed by atoms with E-state index in [-0.39, 0.29) is 11.3 Å². The molecule has 0 bridgehead atoms. The summed E-state index contributed by atoms with van der Waals surface area (Å²) in [4.78, 5) is 15.5. The second kappa shape index (κ2) is 5.61. The summed E-state index contributed by atoms with van der Waals surface area (Å²) in [6.07, 6.45) is 1.78. The van der Waals surface area contributed by atoms with Gasteiger partial charge in [-0.05, 0) is 44.5 Å². The lowest BCUT2D eigenvalue weighted by atomic mass is 10.4. The van der Waals surface area contributed by atoms with Gasteiger partial charge in [0.1, 0.15) is 0 Å². The van der Waals surface area contributed by atoms with Crippen LogP contribution in [0.25, 0.3) is 11.2 Å². The van der Waals surface area contributed by atoms with Gasteiger partial charge in [0.15, 0.2) is 17.0 Å². The fraction of sp³-hybridized carbons (Fsp3) is 0.357. The van der Waals surface area contributed by atoms with Crippen LogP contribution >= 0.6 is 22.9 Å². The van der Waals surface area contributed by atoms with Crippen LogP contribution in [0, 0.1) is 6.92 Å². The van der Waals surface area contributed by atoms with Crippen molar-refractivity contribution in [2.75, 3.05) is 5.32 Å². The smallest absolute Gasteiger partial charge is 0.226 e. The van der Waals surface area contributed by atoms with Crippen LogP contribution in [-0.2, 0) is 6.54 Å². The summed E-state index contributed by atoms with van der Waals surface area (Å²) in [5.41, 5.74) is 1.51. The second-order valence-electron chi connectivity index (χ2n) is 5.12. The van der Waals surface area contributed by atoms with Crippen molar-refractivity contribution >= 4 is 39.9 Å². The van der Waals surface area contributed by atoms with Gasteiger partial charge in [0.05, 0.1) is 12.9 Å². The van der Waals surface area contributed by atoms with Crippen LogP contribution in [-0.4, -0.2) is 19.5 Å². The topological polar surface area (TPSA) is 55.6 Å². The predicted molar refractivity (Wildman–Crippen MR) is 87.1 cm³/mol. The number of nitrogens with one attached hydrogen (secondary N) is 1. The number of aromatic nitrogens is 4. The Morgan fingerprint density at radius 2 is 2.14 bits per heavy atom. The first kappa shape index (κ1) is 14.3. The minimum atomic E-state index is 0.231. The maximum atomic E-state index is 6.04. The monoisotopic (exact) mass is 321 g/mol. The molecule has 0 saturated carbocycles. The highest BCUT2D eigenvalue weighted by Crippen LogP contribution is 2.24. The molecule has 0 aliphatic rings.